The van der Waals surface area contributed by atoms with E-state index in [-0.39, 0.29) is 0 Å². The average Bonchev–Trinajstić information content (AvgIpc) is 2.87. The van der Waals surface area contributed by atoms with Crippen LogP contribution < -0.4 is 5.32 Å². The molecule has 1 fully saturated rings. The average molecular weight is 275 g/mol. The van der Waals surface area contributed by atoms with Crippen LogP contribution >= 0.6 is 0 Å². The van der Waals surface area contributed by atoms with Crippen LogP contribution in [-0.2, 0) is 11.2 Å². The molecule has 2 heteroatoms. The van der Waals surface area contributed by atoms with E-state index in [9.17, 15) is 0 Å². The van der Waals surface area contributed by atoms with Gasteiger partial charge in [-0.25, -0.2) is 0 Å². The first-order valence-electron chi connectivity index (χ1n) is 8.09. The molecule has 2 atom stereocenters. The van der Waals surface area contributed by atoms with Crippen molar-refractivity contribution in [2.24, 2.45) is 0 Å². The second-order valence-electron chi connectivity index (χ2n) is 6.22. The number of rotatable bonds is 7. The Morgan fingerprint density at radius 3 is 2.60 bits per heavy atom. The Morgan fingerprint density at radius 2 is 2.00 bits per heavy atom. The summed E-state index contributed by atoms with van der Waals surface area (Å²) in [5.41, 5.74) is 4.19. The molecule has 1 N–H and O–H groups in total. The van der Waals surface area contributed by atoms with E-state index in [0.29, 0.717) is 12.1 Å². The third kappa shape index (κ3) is 4.92. The van der Waals surface area contributed by atoms with Gasteiger partial charge in [0.05, 0.1) is 6.10 Å². The number of aryl methyl sites for hydroxylation is 2. The molecule has 2 rings (SSSR count). The standard InChI is InChI=1S/C18H29NO/c1-4-7-19-17(13-18-6-5-8-20-18)12-16-10-14(2)9-15(3)11-16/h9-11,17-19H,4-8,12-13H2,1-3H3. The lowest BCUT2D eigenvalue weighted by atomic mass is 9.97. The van der Waals surface area contributed by atoms with E-state index >= 15 is 0 Å². The Morgan fingerprint density at radius 1 is 1.25 bits per heavy atom. The number of hydrogen-bond donors (Lipinski definition) is 1. The normalized spacial score (nSPS) is 20.2. The zero-order chi connectivity index (χ0) is 14.4. The molecule has 1 heterocycles. The van der Waals surface area contributed by atoms with E-state index in [1.165, 1.54) is 36.0 Å². The maximum absolute atomic E-state index is 5.81. The summed E-state index contributed by atoms with van der Waals surface area (Å²) < 4.78 is 5.81. The molecule has 0 aliphatic carbocycles. The fourth-order valence-electron chi connectivity index (χ4n) is 3.21. The number of hydrogen-bond acceptors (Lipinski definition) is 2. The first-order valence-corrected chi connectivity index (χ1v) is 8.09. The summed E-state index contributed by atoms with van der Waals surface area (Å²) >= 11 is 0. The number of benzene rings is 1. The molecule has 0 bridgehead atoms. The van der Waals surface area contributed by atoms with Crippen LogP contribution in [-0.4, -0.2) is 25.3 Å². The van der Waals surface area contributed by atoms with Gasteiger partial charge in [-0.05, 0) is 58.1 Å². The molecule has 1 aliphatic heterocycles. The van der Waals surface area contributed by atoms with Gasteiger partial charge in [-0.3, -0.25) is 0 Å². The molecular formula is C18H29NO. The van der Waals surface area contributed by atoms with Crippen molar-refractivity contribution in [2.45, 2.75) is 65.0 Å². The molecule has 0 amide bonds. The van der Waals surface area contributed by atoms with Gasteiger partial charge >= 0.3 is 0 Å². The van der Waals surface area contributed by atoms with Crippen molar-refractivity contribution in [3.05, 3.63) is 34.9 Å². The smallest absolute Gasteiger partial charge is 0.0590 e. The Balaban J connectivity index is 1.97. The van der Waals surface area contributed by atoms with Gasteiger partial charge in [-0.1, -0.05) is 36.2 Å². The maximum atomic E-state index is 5.81. The first kappa shape index (κ1) is 15.5. The van der Waals surface area contributed by atoms with E-state index < -0.39 is 0 Å². The minimum absolute atomic E-state index is 0.468. The first-order chi connectivity index (χ1) is 9.67. The van der Waals surface area contributed by atoms with Crippen molar-refractivity contribution >= 4 is 0 Å². The molecular weight excluding hydrogens is 246 g/mol. The second-order valence-corrected chi connectivity index (χ2v) is 6.22. The Hall–Kier alpha value is -0.860. The minimum atomic E-state index is 0.468. The van der Waals surface area contributed by atoms with Gasteiger partial charge in [0.1, 0.15) is 0 Å². The summed E-state index contributed by atoms with van der Waals surface area (Å²) in [7, 11) is 0. The zero-order valence-corrected chi connectivity index (χ0v) is 13.2. The molecule has 1 aliphatic rings. The highest BCUT2D eigenvalue weighted by molar-refractivity contribution is 5.29. The van der Waals surface area contributed by atoms with Gasteiger partial charge in [-0.2, -0.15) is 0 Å². The van der Waals surface area contributed by atoms with Crippen LogP contribution in [0.2, 0.25) is 0 Å². The lowest BCUT2D eigenvalue weighted by molar-refractivity contribution is 0.0946. The third-order valence-corrected chi connectivity index (χ3v) is 4.02. The topological polar surface area (TPSA) is 21.3 Å². The molecule has 0 spiro atoms. The van der Waals surface area contributed by atoms with Gasteiger partial charge in [0, 0.05) is 12.6 Å². The van der Waals surface area contributed by atoms with Crippen LogP contribution in [0.3, 0.4) is 0 Å². The molecule has 2 nitrogen and oxygen atoms in total. The van der Waals surface area contributed by atoms with Crippen LogP contribution in [0.4, 0.5) is 0 Å². The van der Waals surface area contributed by atoms with Crippen LogP contribution in [0.15, 0.2) is 18.2 Å². The van der Waals surface area contributed by atoms with Crippen LogP contribution in [0.1, 0.15) is 49.3 Å². The van der Waals surface area contributed by atoms with Crippen molar-refractivity contribution in [1.29, 1.82) is 0 Å². The van der Waals surface area contributed by atoms with Gasteiger partial charge in [0.15, 0.2) is 0 Å². The van der Waals surface area contributed by atoms with Gasteiger partial charge in [-0.15, -0.1) is 0 Å². The summed E-state index contributed by atoms with van der Waals surface area (Å²) in [6.45, 7) is 8.65. The lowest BCUT2D eigenvalue weighted by Gasteiger charge is -2.22. The van der Waals surface area contributed by atoms with Crippen LogP contribution in [0, 0.1) is 13.8 Å². The summed E-state index contributed by atoms with van der Waals surface area (Å²) in [4.78, 5) is 0. The minimum Gasteiger partial charge on any atom is -0.378 e. The molecule has 1 aromatic carbocycles. The van der Waals surface area contributed by atoms with E-state index in [4.69, 9.17) is 4.74 Å². The SMILES string of the molecule is CCCNC(Cc1cc(C)cc(C)c1)CC1CCCO1. The predicted molar refractivity (Wildman–Crippen MR) is 85.3 cm³/mol. The third-order valence-electron chi connectivity index (χ3n) is 4.02. The zero-order valence-electron chi connectivity index (χ0n) is 13.2. The molecule has 0 saturated carbocycles. The molecule has 112 valence electrons. The summed E-state index contributed by atoms with van der Waals surface area (Å²) in [5.74, 6) is 0. The Labute approximate surface area is 123 Å². The van der Waals surface area contributed by atoms with E-state index in [2.05, 4.69) is 44.3 Å². The molecule has 0 radical (unpaired) electrons. The molecule has 1 saturated heterocycles. The van der Waals surface area contributed by atoms with Crippen molar-refractivity contribution in [3.63, 3.8) is 0 Å². The monoisotopic (exact) mass is 275 g/mol. The van der Waals surface area contributed by atoms with Crippen molar-refractivity contribution in [1.82, 2.24) is 5.32 Å². The highest BCUT2D eigenvalue weighted by atomic mass is 16.5. The summed E-state index contributed by atoms with van der Waals surface area (Å²) in [5, 5.41) is 3.70. The largest absolute Gasteiger partial charge is 0.378 e. The maximum Gasteiger partial charge on any atom is 0.0590 e. The second kappa shape index (κ2) is 7.80. The number of ether oxygens (including phenoxy) is 1. The quantitative estimate of drug-likeness (QED) is 0.817. The van der Waals surface area contributed by atoms with E-state index in [1.54, 1.807) is 0 Å². The highest BCUT2D eigenvalue weighted by Crippen LogP contribution is 2.19. The summed E-state index contributed by atoms with van der Waals surface area (Å²) in [6, 6.07) is 7.43. The van der Waals surface area contributed by atoms with Gasteiger partial charge in [0.25, 0.3) is 0 Å². The van der Waals surface area contributed by atoms with Gasteiger partial charge < -0.3 is 10.1 Å². The lowest BCUT2D eigenvalue weighted by Crippen LogP contribution is -2.35. The van der Waals surface area contributed by atoms with Crippen molar-refractivity contribution in [3.8, 4) is 0 Å². The molecule has 0 aromatic heterocycles. The van der Waals surface area contributed by atoms with E-state index in [1.807, 2.05) is 0 Å². The fourth-order valence-corrected chi connectivity index (χ4v) is 3.21. The molecule has 1 aromatic rings. The van der Waals surface area contributed by atoms with Crippen molar-refractivity contribution in [2.75, 3.05) is 13.2 Å². The molecule has 20 heavy (non-hydrogen) atoms. The van der Waals surface area contributed by atoms with Crippen molar-refractivity contribution < 1.29 is 4.74 Å². The van der Waals surface area contributed by atoms with Crippen LogP contribution in [0.5, 0.6) is 0 Å². The summed E-state index contributed by atoms with van der Waals surface area (Å²) in [6.07, 6.45) is 6.38. The van der Waals surface area contributed by atoms with Crippen LogP contribution in [0.25, 0.3) is 0 Å². The Kier molecular flexibility index (Phi) is 6.06. The predicted octanol–water partition coefficient (Wildman–Crippen LogP) is 3.78. The highest BCUT2D eigenvalue weighted by Gasteiger charge is 2.20. The number of nitrogens with one attached hydrogen (secondary N) is 1. The fraction of sp³-hybridized carbons (Fsp3) is 0.667. The Bertz CT molecular complexity index is 390. The van der Waals surface area contributed by atoms with E-state index in [0.717, 1.165) is 26.0 Å². The molecule has 2 unspecified atom stereocenters. The van der Waals surface area contributed by atoms with Gasteiger partial charge in [0.2, 0.25) is 0 Å².